The molecule has 0 atom stereocenters. The van der Waals surface area contributed by atoms with Gasteiger partial charge >= 0.3 is 72.1 Å². The molecule has 0 saturated carbocycles. The first-order chi connectivity index (χ1) is 7.19. The van der Waals surface area contributed by atoms with Gasteiger partial charge in [0.15, 0.2) is 5.60 Å². The molecule has 4 N–H and O–H groups in total. The van der Waals surface area contributed by atoms with Gasteiger partial charge in [0.25, 0.3) is 0 Å². The van der Waals surface area contributed by atoms with Gasteiger partial charge in [0.05, 0.1) is 12.8 Å². The Labute approximate surface area is 124 Å². The third-order valence-electron chi connectivity index (χ3n) is 1.29. The van der Waals surface area contributed by atoms with Crippen LogP contribution in [-0.4, -0.2) is 92.0 Å². The first-order valence-electron chi connectivity index (χ1n) is 3.80. The summed E-state index contributed by atoms with van der Waals surface area (Å²) in [5.41, 5.74) is -2.74. The standard InChI is InChI=1S/C6H8O7.K.OP/c7-3(8)1-6(13,5(11)12)2-4(9)10;;1-2/h13H,1-2H2,(H,7,8)(H,9,10)(H,11,12);;/q;+1;-1. The molecule has 0 aromatic carbocycles. The van der Waals surface area contributed by atoms with Crippen molar-refractivity contribution in [1.29, 1.82) is 0 Å². The van der Waals surface area contributed by atoms with Crippen molar-refractivity contribution in [2.24, 2.45) is 0 Å². The van der Waals surface area contributed by atoms with E-state index in [1.165, 1.54) is 0 Å². The summed E-state index contributed by atoms with van der Waals surface area (Å²) >= 11 is 0.521. The van der Waals surface area contributed by atoms with Crippen LogP contribution in [0.3, 0.4) is 0 Å². The van der Waals surface area contributed by atoms with Crippen LogP contribution in [0.25, 0.3) is 0 Å². The van der Waals surface area contributed by atoms with E-state index < -0.39 is 36.4 Å². The van der Waals surface area contributed by atoms with Crippen molar-refractivity contribution in [2.75, 3.05) is 0 Å². The van der Waals surface area contributed by atoms with E-state index in [4.69, 9.17) is 25.0 Å². The molecule has 0 aliphatic carbocycles. The monoisotopic (exact) mass is 278 g/mol. The average molecular weight is 278 g/mol. The minimum atomic E-state index is -2.74. The van der Waals surface area contributed by atoms with E-state index in [-0.39, 0.29) is 0 Å². The molecule has 16 heavy (non-hydrogen) atoms. The molecule has 86 valence electrons. The minimum absolute atomic E-state index is 0.354. The molecule has 0 heterocycles. The van der Waals surface area contributed by atoms with Crippen LogP contribution in [0.15, 0.2) is 0 Å². The molecule has 0 rings (SSSR count). The average Bonchev–Trinajstić information content (AvgIpc) is 2.01. The number of hydrogen-bond donors (Lipinski definition) is 4. The molecule has 0 saturated heterocycles. The summed E-state index contributed by atoms with van der Waals surface area (Å²) in [5.74, 6) is -5.02. The number of carbonyl (C=O) groups is 3. The van der Waals surface area contributed by atoms with Crippen LogP contribution < -0.4 is 0 Å². The van der Waals surface area contributed by atoms with Gasteiger partial charge in [-0.1, -0.05) is 0 Å². The second-order valence-electron chi connectivity index (χ2n) is 2.66. The van der Waals surface area contributed by atoms with Crippen molar-refractivity contribution in [1.82, 2.24) is 0 Å². The predicted molar refractivity (Wildman–Crippen MR) is 50.5 cm³/mol. The van der Waals surface area contributed by atoms with Crippen LogP contribution in [0.2, 0.25) is 0 Å². The van der Waals surface area contributed by atoms with E-state index >= 15 is 0 Å². The number of rotatable bonds is 5. The van der Waals surface area contributed by atoms with Crippen molar-refractivity contribution in [3.05, 3.63) is 0 Å². The fraction of sp³-hybridized carbons (Fsp3) is 0.500. The van der Waals surface area contributed by atoms with Gasteiger partial charge in [-0.3, -0.25) is 9.59 Å². The van der Waals surface area contributed by atoms with E-state index in [9.17, 15) is 14.4 Å². The molecule has 0 bridgehead atoms. The molecule has 0 unspecified atom stereocenters. The van der Waals surface area contributed by atoms with Gasteiger partial charge in [-0.2, -0.15) is 0 Å². The summed E-state index contributed by atoms with van der Waals surface area (Å²) in [6.45, 7) is 0. The molecule has 0 aromatic rings. The van der Waals surface area contributed by atoms with Crippen molar-refractivity contribution in [3.63, 3.8) is 0 Å². The van der Waals surface area contributed by atoms with Crippen LogP contribution in [0.5, 0.6) is 0 Å². The van der Waals surface area contributed by atoms with Crippen LogP contribution >= 0.6 is 1.54 Å². The maximum absolute atomic E-state index is 10.3. The first-order valence-corrected chi connectivity index (χ1v) is 9.25. The first kappa shape index (κ1) is 18.5. The Hall–Kier alpha value is 0.106. The van der Waals surface area contributed by atoms with Gasteiger partial charge in [-0.15, -0.1) is 0 Å². The SMILES string of the molecule is O=C(O)CC(O)(CC(=O)O)C(=O)O.O=[P][K]. The third kappa shape index (κ3) is 9.34. The van der Waals surface area contributed by atoms with Crippen molar-refractivity contribution >= 4 is 67.5 Å². The van der Waals surface area contributed by atoms with Gasteiger partial charge in [-0.05, 0) is 0 Å². The Morgan fingerprint density at radius 1 is 1.06 bits per heavy atom. The maximum atomic E-state index is 10.3. The summed E-state index contributed by atoms with van der Waals surface area (Å²) < 4.78 is 9.34. The van der Waals surface area contributed by atoms with E-state index in [2.05, 4.69) is 0 Å². The molecule has 10 heteroatoms. The molecule has 0 aliphatic heterocycles. The Morgan fingerprint density at radius 2 is 1.31 bits per heavy atom. The summed E-state index contributed by atoms with van der Waals surface area (Å²) in [6, 6.07) is 0. The summed E-state index contributed by atoms with van der Waals surface area (Å²) in [6.07, 6.45) is -2.29. The zero-order valence-electron chi connectivity index (χ0n) is 8.28. The number of aliphatic carboxylic acids is 3. The van der Waals surface area contributed by atoms with Gasteiger partial charge < -0.3 is 20.4 Å². The van der Waals surface area contributed by atoms with E-state index in [1.54, 1.807) is 0 Å². The molecule has 0 spiro atoms. The van der Waals surface area contributed by atoms with Crippen molar-refractivity contribution in [3.8, 4) is 0 Å². The van der Waals surface area contributed by atoms with Crippen molar-refractivity contribution < 1.29 is 39.4 Å². The quantitative estimate of drug-likeness (QED) is 0.374. The zero-order chi connectivity index (χ0) is 13.4. The van der Waals surface area contributed by atoms with Gasteiger partial charge in [0, 0.05) is 0 Å². The van der Waals surface area contributed by atoms with Gasteiger partial charge in [0.1, 0.15) is 0 Å². The predicted octanol–water partition coefficient (Wildman–Crippen LogP) is -0.887. The molecule has 0 amide bonds. The second kappa shape index (κ2) is 9.17. The summed E-state index contributed by atoms with van der Waals surface area (Å²) in [5, 5.41) is 33.8. The molecule has 0 aliphatic rings. The van der Waals surface area contributed by atoms with Gasteiger partial charge in [0.2, 0.25) is 0 Å². The van der Waals surface area contributed by atoms with Crippen LogP contribution in [-0.2, 0) is 18.9 Å². The molecule has 0 radical (unpaired) electrons. The summed E-state index contributed by atoms with van der Waals surface area (Å²) in [4.78, 5) is 30.5. The number of carboxylic acid groups (broad SMARTS) is 3. The number of aliphatic hydroxyl groups is 1. The van der Waals surface area contributed by atoms with Crippen LogP contribution in [0.4, 0.5) is 0 Å². The topological polar surface area (TPSA) is 149 Å². The Kier molecular flexibility index (Phi) is 10.6. The fourth-order valence-corrected chi connectivity index (χ4v) is 0.714. The van der Waals surface area contributed by atoms with Crippen LogP contribution in [0.1, 0.15) is 12.8 Å². The number of carboxylic acids is 3. The molecular weight excluding hydrogens is 270 g/mol. The van der Waals surface area contributed by atoms with E-state index in [0.29, 0.717) is 49.6 Å². The Bertz CT molecular complexity index is 274. The van der Waals surface area contributed by atoms with Crippen LogP contribution in [0, 0.1) is 0 Å². The fourth-order valence-electron chi connectivity index (χ4n) is 0.714. The normalized spacial score (nSPS) is 10.2. The second-order valence-corrected chi connectivity index (χ2v) is 4.74. The molecule has 8 nitrogen and oxygen atoms in total. The Balaban J connectivity index is 0. The molecule has 0 aromatic heterocycles. The zero-order valence-corrected chi connectivity index (χ0v) is 12.3. The molecule has 0 fully saturated rings. The Morgan fingerprint density at radius 3 is 1.44 bits per heavy atom. The van der Waals surface area contributed by atoms with Crippen molar-refractivity contribution in [2.45, 2.75) is 18.4 Å². The number of hydrogen-bond acceptors (Lipinski definition) is 5. The van der Waals surface area contributed by atoms with E-state index in [1.807, 2.05) is 0 Å². The van der Waals surface area contributed by atoms with E-state index in [0.717, 1.165) is 0 Å². The molecular formula is C6H8KO8P. The third-order valence-corrected chi connectivity index (χ3v) is 1.29. The van der Waals surface area contributed by atoms with Gasteiger partial charge in [-0.25, -0.2) is 4.79 Å². The summed E-state index contributed by atoms with van der Waals surface area (Å²) in [7, 11) is 0.